The molecule has 0 bridgehead atoms. The monoisotopic (exact) mass is 196 g/mol. The van der Waals surface area contributed by atoms with Gasteiger partial charge in [-0.05, 0) is 6.08 Å². The Hall–Kier alpha value is -0.840. The minimum atomic E-state index is -4.46. The van der Waals surface area contributed by atoms with Gasteiger partial charge < -0.3 is 9.26 Å². The summed E-state index contributed by atoms with van der Waals surface area (Å²) in [6.07, 6.45) is 1.95. The second-order valence-corrected chi connectivity index (χ2v) is 2.96. The highest BCUT2D eigenvalue weighted by Gasteiger charge is 2.10. The molecule has 0 heterocycles. The Labute approximate surface area is 69.0 Å². The fourth-order valence-electron chi connectivity index (χ4n) is 0.327. The largest absolute Gasteiger partial charge is 0.524 e. The molecule has 70 valence electrons. The summed E-state index contributed by atoms with van der Waals surface area (Å²) in [4.78, 5) is 26.5. The molecule has 0 unspecified atom stereocenters. The minimum absolute atomic E-state index is 0.0741. The summed E-state index contributed by atoms with van der Waals surface area (Å²) in [6, 6.07) is 0. The van der Waals surface area contributed by atoms with Gasteiger partial charge in [-0.25, -0.2) is 4.57 Å². The van der Waals surface area contributed by atoms with Crippen molar-refractivity contribution in [2.24, 2.45) is 0 Å². The molecule has 0 fully saturated rings. The Bertz CT molecular complexity index is 216. The number of carbonyl (C=O) groups excluding carboxylic acids is 1. The van der Waals surface area contributed by atoms with Gasteiger partial charge in [-0.2, -0.15) is 0 Å². The molecule has 0 saturated heterocycles. The maximum atomic E-state index is 10.2. The number of carbonyl (C=O) groups is 1. The first-order valence-corrected chi connectivity index (χ1v) is 4.47. The lowest BCUT2D eigenvalue weighted by molar-refractivity contribution is -0.139. The molecule has 6 nitrogen and oxygen atoms in total. The maximum absolute atomic E-state index is 10.2. The second-order valence-electron chi connectivity index (χ2n) is 1.77. The molecule has 0 rings (SSSR count). The summed E-state index contributed by atoms with van der Waals surface area (Å²) in [7, 11) is -4.46. The van der Waals surface area contributed by atoms with Crippen LogP contribution in [-0.4, -0.2) is 22.4 Å². The van der Waals surface area contributed by atoms with Gasteiger partial charge in [-0.15, -0.1) is 0 Å². The van der Waals surface area contributed by atoms with Crippen LogP contribution in [0.25, 0.3) is 0 Å². The van der Waals surface area contributed by atoms with E-state index in [0.717, 1.165) is 6.26 Å². The predicted molar refractivity (Wildman–Crippen MR) is 38.9 cm³/mol. The number of rotatable bonds is 4. The van der Waals surface area contributed by atoms with E-state index in [-0.39, 0.29) is 6.61 Å². The highest BCUT2D eigenvalue weighted by Crippen LogP contribution is 2.35. The van der Waals surface area contributed by atoms with E-state index < -0.39 is 13.8 Å². The molecule has 7 heteroatoms. The highest BCUT2D eigenvalue weighted by molar-refractivity contribution is 7.46. The predicted octanol–water partition coefficient (Wildman–Crippen LogP) is 0.172. The number of esters is 1. The Morgan fingerprint density at radius 1 is 1.58 bits per heavy atom. The van der Waals surface area contributed by atoms with Crippen LogP contribution in [0.2, 0.25) is 0 Å². The zero-order valence-electron chi connectivity index (χ0n) is 6.34. The van der Waals surface area contributed by atoms with Gasteiger partial charge in [0.05, 0.1) is 6.26 Å². The third-order valence-electron chi connectivity index (χ3n) is 0.677. The molecule has 0 amide bonds. The number of hydrogen-bond acceptors (Lipinski definition) is 4. The van der Waals surface area contributed by atoms with E-state index in [1.54, 1.807) is 0 Å². The molecule has 0 saturated carbocycles. The first-order valence-electron chi connectivity index (χ1n) is 2.94. The standard InChI is InChI=1S/C5H9O6P/c1-5(6)10-3-2-4-11-12(7,8)9/h2,4H,3H2,1H3,(H2,7,8,9)/b4-2+. The van der Waals surface area contributed by atoms with Crippen LogP contribution in [0, 0.1) is 0 Å². The van der Waals surface area contributed by atoms with Crippen LogP contribution in [0.3, 0.4) is 0 Å². The van der Waals surface area contributed by atoms with Crippen molar-refractivity contribution in [1.29, 1.82) is 0 Å². The van der Waals surface area contributed by atoms with Crippen LogP contribution in [0.15, 0.2) is 12.3 Å². The smallest absolute Gasteiger partial charge is 0.462 e. The van der Waals surface area contributed by atoms with Gasteiger partial charge in [-0.1, -0.05) is 0 Å². The summed E-state index contributed by atoms with van der Waals surface area (Å²) in [5.41, 5.74) is 0. The fraction of sp³-hybridized carbons (Fsp3) is 0.400. The van der Waals surface area contributed by atoms with Crippen LogP contribution in [0.1, 0.15) is 6.92 Å². The molecule has 0 aliphatic carbocycles. The van der Waals surface area contributed by atoms with Crippen molar-refractivity contribution >= 4 is 13.8 Å². The third-order valence-corrected chi connectivity index (χ3v) is 1.07. The molecule has 0 atom stereocenters. The van der Waals surface area contributed by atoms with E-state index in [4.69, 9.17) is 9.79 Å². The number of ether oxygens (including phenoxy) is 1. The van der Waals surface area contributed by atoms with E-state index >= 15 is 0 Å². The van der Waals surface area contributed by atoms with Crippen molar-refractivity contribution in [3.63, 3.8) is 0 Å². The third kappa shape index (κ3) is 9.16. The molecular formula is C5H9O6P. The fourth-order valence-corrected chi connectivity index (χ4v) is 0.572. The molecule has 0 aromatic rings. The van der Waals surface area contributed by atoms with Crippen molar-refractivity contribution in [2.45, 2.75) is 6.92 Å². The van der Waals surface area contributed by atoms with Gasteiger partial charge in [0.25, 0.3) is 0 Å². The van der Waals surface area contributed by atoms with Crippen LogP contribution in [-0.2, 0) is 18.6 Å². The summed E-state index contributed by atoms with van der Waals surface area (Å²) in [5, 5.41) is 0. The Morgan fingerprint density at radius 3 is 2.58 bits per heavy atom. The summed E-state index contributed by atoms with van der Waals surface area (Å²) >= 11 is 0. The number of phosphoric acid groups is 1. The normalized spacial score (nSPS) is 11.6. The van der Waals surface area contributed by atoms with Crippen LogP contribution < -0.4 is 0 Å². The molecule has 0 spiro atoms. The number of phosphoric ester groups is 1. The zero-order valence-corrected chi connectivity index (χ0v) is 7.23. The lowest BCUT2D eigenvalue weighted by atomic mass is 10.7. The molecule has 0 aliphatic heterocycles. The molecule has 12 heavy (non-hydrogen) atoms. The van der Waals surface area contributed by atoms with E-state index in [9.17, 15) is 9.36 Å². The van der Waals surface area contributed by atoms with Crippen molar-refractivity contribution in [3.05, 3.63) is 12.3 Å². The molecule has 0 aromatic heterocycles. The maximum Gasteiger partial charge on any atom is 0.524 e. The van der Waals surface area contributed by atoms with E-state index in [1.165, 1.54) is 13.0 Å². The SMILES string of the molecule is CC(=O)OC/C=C/OP(=O)(O)O. The summed E-state index contributed by atoms with van der Waals surface area (Å²) in [5.74, 6) is -0.476. The quantitative estimate of drug-likeness (QED) is 0.378. The van der Waals surface area contributed by atoms with Gasteiger partial charge in [0.1, 0.15) is 6.61 Å². The Kier molecular flexibility index (Phi) is 4.58. The van der Waals surface area contributed by atoms with Crippen LogP contribution >= 0.6 is 7.82 Å². The number of hydrogen-bond donors (Lipinski definition) is 2. The van der Waals surface area contributed by atoms with E-state index in [2.05, 4.69) is 9.26 Å². The van der Waals surface area contributed by atoms with Gasteiger partial charge >= 0.3 is 13.8 Å². The second kappa shape index (κ2) is 4.92. The van der Waals surface area contributed by atoms with Crippen LogP contribution in [0.5, 0.6) is 0 Å². The van der Waals surface area contributed by atoms with Gasteiger partial charge in [0, 0.05) is 6.92 Å². The van der Waals surface area contributed by atoms with E-state index in [0.29, 0.717) is 0 Å². The van der Waals surface area contributed by atoms with Crippen molar-refractivity contribution in [3.8, 4) is 0 Å². The van der Waals surface area contributed by atoms with Gasteiger partial charge in [0.2, 0.25) is 0 Å². The molecule has 2 N–H and O–H groups in total. The molecule has 0 aliphatic rings. The lowest BCUT2D eigenvalue weighted by Crippen LogP contribution is -1.97. The van der Waals surface area contributed by atoms with Crippen molar-refractivity contribution < 1.29 is 28.4 Å². The molecule has 0 aromatic carbocycles. The van der Waals surface area contributed by atoms with Gasteiger partial charge in [0.15, 0.2) is 0 Å². The summed E-state index contributed by atoms with van der Waals surface area (Å²) in [6.45, 7) is 1.15. The molecular weight excluding hydrogens is 187 g/mol. The topological polar surface area (TPSA) is 93.1 Å². The average molecular weight is 196 g/mol. The van der Waals surface area contributed by atoms with E-state index in [1.807, 2.05) is 0 Å². The van der Waals surface area contributed by atoms with Crippen molar-refractivity contribution in [2.75, 3.05) is 6.61 Å². The van der Waals surface area contributed by atoms with Crippen molar-refractivity contribution in [1.82, 2.24) is 0 Å². The Balaban J connectivity index is 3.52. The lowest BCUT2D eigenvalue weighted by Gasteiger charge is -1.99. The summed E-state index contributed by atoms with van der Waals surface area (Å²) < 4.78 is 18.3. The Morgan fingerprint density at radius 2 is 2.17 bits per heavy atom. The average Bonchev–Trinajstić information content (AvgIpc) is 1.83. The minimum Gasteiger partial charge on any atom is -0.462 e. The van der Waals surface area contributed by atoms with Crippen LogP contribution in [0.4, 0.5) is 0 Å². The molecule has 0 radical (unpaired) electrons. The van der Waals surface area contributed by atoms with Gasteiger partial charge in [-0.3, -0.25) is 14.6 Å². The first kappa shape index (κ1) is 11.2. The zero-order chi connectivity index (χ0) is 9.61. The highest BCUT2D eigenvalue weighted by atomic mass is 31.2. The first-order chi connectivity index (χ1) is 5.42.